The topological polar surface area (TPSA) is 71.5 Å². The minimum absolute atomic E-state index is 0.0812. The Balaban J connectivity index is 1.35. The summed E-state index contributed by atoms with van der Waals surface area (Å²) >= 11 is 0. The molecule has 152 valence electrons. The van der Waals surface area contributed by atoms with Gasteiger partial charge in [0.25, 0.3) is 5.91 Å². The number of aryl methyl sites for hydroxylation is 1. The Hall–Kier alpha value is -2.89. The SMILES string of the molecule is CN(C(=O)CCc1cccnc1)C1CCC2(CC1)CNC(=O)c1ccccc1O2. The predicted molar refractivity (Wildman–Crippen MR) is 110 cm³/mol. The lowest BCUT2D eigenvalue weighted by atomic mass is 9.81. The Bertz CT molecular complexity index is 876. The monoisotopic (exact) mass is 393 g/mol. The second-order valence-corrected chi connectivity index (χ2v) is 8.06. The summed E-state index contributed by atoms with van der Waals surface area (Å²) in [6.45, 7) is 0.506. The van der Waals surface area contributed by atoms with E-state index in [-0.39, 0.29) is 17.9 Å². The van der Waals surface area contributed by atoms with Gasteiger partial charge in [0.2, 0.25) is 5.91 Å². The van der Waals surface area contributed by atoms with Crippen LogP contribution in [-0.4, -0.2) is 46.9 Å². The molecule has 0 radical (unpaired) electrons. The number of nitrogens with zero attached hydrogens (tertiary/aromatic N) is 2. The summed E-state index contributed by atoms with van der Waals surface area (Å²) < 4.78 is 6.36. The smallest absolute Gasteiger partial charge is 0.255 e. The number of pyridine rings is 1. The summed E-state index contributed by atoms with van der Waals surface area (Å²) in [5, 5.41) is 3.02. The van der Waals surface area contributed by atoms with Gasteiger partial charge in [0.15, 0.2) is 0 Å². The highest BCUT2D eigenvalue weighted by molar-refractivity contribution is 5.97. The van der Waals surface area contributed by atoms with Gasteiger partial charge in [0, 0.05) is 31.9 Å². The van der Waals surface area contributed by atoms with Gasteiger partial charge in [-0.15, -0.1) is 0 Å². The van der Waals surface area contributed by atoms with E-state index >= 15 is 0 Å². The maximum absolute atomic E-state index is 12.7. The van der Waals surface area contributed by atoms with Gasteiger partial charge in [-0.3, -0.25) is 14.6 Å². The third-order valence-corrected chi connectivity index (χ3v) is 6.19. The maximum atomic E-state index is 12.7. The highest BCUT2D eigenvalue weighted by Crippen LogP contribution is 2.37. The van der Waals surface area contributed by atoms with Crippen molar-refractivity contribution in [3.8, 4) is 5.75 Å². The van der Waals surface area contributed by atoms with Crippen LogP contribution in [0.2, 0.25) is 0 Å². The van der Waals surface area contributed by atoms with Crippen molar-refractivity contribution in [3.05, 3.63) is 59.9 Å². The Kier molecular flexibility index (Phi) is 5.51. The quantitative estimate of drug-likeness (QED) is 0.867. The molecular weight excluding hydrogens is 366 g/mol. The van der Waals surface area contributed by atoms with Crippen LogP contribution >= 0.6 is 0 Å². The molecule has 0 unspecified atom stereocenters. The van der Waals surface area contributed by atoms with Crippen LogP contribution in [0.5, 0.6) is 5.75 Å². The zero-order chi connectivity index (χ0) is 20.3. The van der Waals surface area contributed by atoms with Crippen LogP contribution in [0.25, 0.3) is 0 Å². The number of hydrogen-bond acceptors (Lipinski definition) is 4. The van der Waals surface area contributed by atoms with E-state index in [1.165, 1.54) is 0 Å². The van der Waals surface area contributed by atoms with E-state index in [9.17, 15) is 9.59 Å². The molecule has 6 heteroatoms. The van der Waals surface area contributed by atoms with Crippen molar-refractivity contribution in [2.75, 3.05) is 13.6 Å². The highest BCUT2D eigenvalue weighted by atomic mass is 16.5. The van der Waals surface area contributed by atoms with Crippen LogP contribution in [0.4, 0.5) is 0 Å². The molecule has 1 fully saturated rings. The molecule has 2 aromatic rings. The fourth-order valence-corrected chi connectivity index (χ4v) is 4.32. The molecule has 1 aromatic heterocycles. The largest absolute Gasteiger partial charge is 0.485 e. The molecule has 1 saturated carbocycles. The van der Waals surface area contributed by atoms with Crippen molar-refractivity contribution in [2.24, 2.45) is 0 Å². The highest BCUT2D eigenvalue weighted by Gasteiger charge is 2.41. The molecule has 4 rings (SSSR count). The second-order valence-electron chi connectivity index (χ2n) is 8.06. The fraction of sp³-hybridized carbons (Fsp3) is 0.435. The Labute approximate surface area is 171 Å². The van der Waals surface area contributed by atoms with Gasteiger partial charge in [-0.25, -0.2) is 0 Å². The number of ether oxygens (including phenoxy) is 1. The number of fused-ring (bicyclic) bond motifs is 1. The van der Waals surface area contributed by atoms with E-state index in [2.05, 4.69) is 10.3 Å². The van der Waals surface area contributed by atoms with Crippen LogP contribution in [0, 0.1) is 0 Å². The number of rotatable bonds is 4. The molecule has 1 aliphatic carbocycles. The van der Waals surface area contributed by atoms with Crippen LogP contribution in [0.15, 0.2) is 48.8 Å². The molecule has 6 nitrogen and oxygen atoms in total. The van der Waals surface area contributed by atoms with Gasteiger partial charge in [0.1, 0.15) is 11.4 Å². The van der Waals surface area contributed by atoms with Crippen molar-refractivity contribution in [3.63, 3.8) is 0 Å². The molecule has 1 aliphatic heterocycles. The van der Waals surface area contributed by atoms with Crippen molar-refractivity contribution in [1.29, 1.82) is 0 Å². The first kappa shape index (κ1) is 19.4. The zero-order valence-electron chi connectivity index (χ0n) is 16.8. The first-order valence-electron chi connectivity index (χ1n) is 10.3. The number of nitrogens with one attached hydrogen (secondary N) is 1. The van der Waals surface area contributed by atoms with E-state index in [1.54, 1.807) is 12.3 Å². The van der Waals surface area contributed by atoms with Gasteiger partial charge in [-0.05, 0) is 55.9 Å². The number of aromatic nitrogens is 1. The summed E-state index contributed by atoms with van der Waals surface area (Å²) in [5.41, 5.74) is 1.28. The second kappa shape index (κ2) is 8.23. The summed E-state index contributed by atoms with van der Waals surface area (Å²) in [5.74, 6) is 0.736. The number of para-hydroxylation sites is 1. The molecule has 0 bridgehead atoms. The van der Waals surface area contributed by atoms with Crippen LogP contribution in [0.3, 0.4) is 0 Å². The van der Waals surface area contributed by atoms with Crippen molar-refractivity contribution in [1.82, 2.24) is 15.2 Å². The Morgan fingerprint density at radius 1 is 1.24 bits per heavy atom. The van der Waals surface area contributed by atoms with E-state index < -0.39 is 5.60 Å². The molecule has 0 atom stereocenters. The van der Waals surface area contributed by atoms with Crippen LogP contribution < -0.4 is 10.1 Å². The fourth-order valence-electron chi connectivity index (χ4n) is 4.32. The summed E-state index contributed by atoms with van der Waals surface area (Å²) in [6, 6.07) is 11.5. The molecule has 2 heterocycles. The summed E-state index contributed by atoms with van der Waals surface area (Å²) in [6.07, 6.45) is 8.11. The minimum atomic E-state index is -0.391. The predicted octanol–water partition coefficient (Wildman–Crippen LogP) is 2.98. The van der Waals surface area contributed by atoms with Gasteiger partial charge >= 0.3 is 0 Å². The van der Waals surface area contributed by atoms with Crippen molar-refractivity contribution < 1.29 is 14.3 Å². The Morgan fingerprint density at radius 3 is 2.79 bits per heavy atom. The number of amides is 2. The number of carbonyl (C=O) groups is 2. The minimum Gasteiger partial charge on any atom is -0.485 e. The van der Waals surface area contributed by atoms with Crippen LogP contribution in [-0.2, 0) is 11.2 Å². The zero-order valence-corrected chi connectivity index (χ0v) is 16.8. The first-order chi connectivity index (χ1) is 14.1. The van der Waals surface area contributed by atoms with Crippen molar-refractivity contribution in [2.45, 2.75) is 50.2 Å². The first-order valence-corrected chi connectivity index (χ1v) is 10.3. The standard InChI is InChI=1S/C23H27N3O3/c1-26(21(27)9-8-17-5-4-14-24-15-17)18-10-12-23(13-11-18)16-25-22(28)19-6-2-3-7-20(19)29-23/h2-7,14-15,18H,8-13,16H2,1H3,(H,25,28). The number of benzene rings is 1. The summed E-state index contributed by atoms with van der Waals surface area (Å²) in [4.78, 5) is 31.0. The van der Waals surface area contributed by atoms with E-state index in [0.717, 1.165) is 31.2 Å². The average molecular weight is 393 g/mol. The van der Waals surface area contributed by atoms with E-state index in [1.807, 2.05) is 48.5 Å². The molecular formula is C23H27N3O3. The Morgan fingerprint density at radius 2 is 2.03 bits per heavy atom. The van der Waals surface area contributed by atoms with Gasteiger partial charge in [-0.1, -0.05) is 18.2 Å². The molecule has 1 aromatic carbocycles. The number of carbonyl (C=O) groups excluding carboxylic acids is 2. The van der Waals surface area contributed by atoms with E-state index in [4.69, 9.17) is 4.74 Å². The number of hydrogen-bond donors (Lipinski definition) is 1. The molecule has 1 spiro atoms. The maximum Gasteiger partial charge on any atom is 0.255 e. The lowest BCUT2D eigenvalue weighted by Crippen LogP contribution is -2.51. The lowest BCUT2D eigenvalue weighted by Gasteiger charge is -2.42. The molecule has 29 heavy (non-hydrogen) atoms. The van der Waals surface area contributed by atoms with Gasteiger partial charge in [0.05, 0.1) is 12.1 Å². The van der Waals surface area contributed by atoms with Gasteiger partial charge < -0.3 is 15.0 Å². The molecule has 1 N–H and O–H groups in total. The normalized spacial score (nSPS) is 23.5. The third kappa shape index (κ3) is 4.26. The molecule has 2 aliphatic rings. The van der Waals surface area contributed by atoms with Gasteiger partial charge in [-0.2, -0.15) is 0 Å². The van der Waals surface area contributed by atoms with Crippen molar-refractivity contribution >= 4 is 11.8 Å². The molecule has 0 saturated heterocycles. The lowest BCUT2D eigenvalue weighted by molar-refractivity contribution is -0.133. The van der Waals surface area contributed by atoms with Crippen LogP contribution in [0.1, 0.15) is 48.0 Å². The summed E-state index contributed by atoms with van der Waals surface area (Å²) in [7, 11) is 1.90. The average Bonchev–Trinajstić information content (AvgIpc) is 2.90. The molecule has 2 amide bonds. The van der Waals surface area contributed by atoms with E-state index in [0.29, 0.717) is 30.7 Å². The third-order valence-electron chi connectivity index (χ3n) is 6.19.